The summed E-state index contributed by atoms with van der Waals surface area (Å²) >= 11 is 0. The first-order valence-corrected chi connectivity index (χ1v) is 6.69. The third-order valence-electron chi connectivity index (χ3n) is 2.74. The minimum Gasteiger partial charge on any atom is -0.475 e. The SMILES string of the molecule is Cc1cc(OC(C)C)nc(NCc2cn(C)nc2C)n1. The molecule has 0 aliphatic heterocycles. The van der Waals surface area contributed by atoms with Crippen molar-refractivity contribution in [1.82, 2.24) is 19.7 Å². The molecule has 2 rings (SSSR count). The van der Waals surface area contributed by atoms with Gasteiger partial charge >= 0.3 is 0 Å². The predicted molar refractivity (Wildman–Crippen MR) is 77.8 cm³/mol. The summed E-state index contributed by atoms with van der Waals surface area (Å²) < 4.78 is 7.41. The predicted octanol–water partition coefficient (Wildman–Crippen LogP) is 2.23. The Hall–Kier alpha value is -2.11. The van der Waals surface area contributed by atoms with Crippen LogP contribution in [0.3, 0.4) is 0 Å². The van der Waals surface area contributed by atoms with Crippen molar-refractivity contribution in [3.8, 4) is 5.88 Å². The molecular formula is C14H21N5O. The first kappa shape index (κ1) is 14.3. The minimum absolute atomic E-state index is 0.0951. The van der Waals surface area contributed by atoms with Crippen molar-refractivity contribution >= 4 is 5.95 Å². The van der Waals surface area contributed by atoms with Gasteiger partial charge in [0.1, 0.15) is 0 Å². The highest BCUT2D eigenvalue weighted by Crippen LogP contribution is 2.14. The fraction of sp³-hybridized carbons (Fsp3) is 0.500. The maximum Gasteiger partial charge on any atom is 0.226 e. The van der Waals surface area contributed by atoms with E-state index in [1.54, 1.807) is 4.68 Å². The molecule has 0 saturated carbocycles. The third kappa shape index (κ3) is 3.69. The Morgan fingerprint density at radius 3 is 2.65 bits per heavy atom. The molecule has 108 valence electrons. The quantitative estimate of drug-likeness (QED) is 0.906. The second-order valence-electron chi connectivity index (χ2n) is 5.10. The third-order valence-corrected chi connectivity index (χ3v) is 2.74. The largest absolute Gasteiger partial charge is 0.475 e. The summed E-state index contributed by atoms with van der Waals surface area (Å²) in [5.41, 5.74) is 3.01. The van der Waals surface area contributed by atoms with Crippen LogP contribution >= 0.6 is 0 Å². The second kappa shape index (κ2) is 5.90. The Balaban J connectivity index is 2.09. The molecule has 6 nitrogen and oxygen atoms in total. The van der Waals surface area contributed by atoms with E-state index in [2.05, 4.69) is 20.4 Å². The van der Waals surface area contributed by atoms with E-state index in [0.29, 0.717) is 18.4 Å². The van der Waals surface area contributed by atoms with Crippen molar-refractivity contribution in [2.24, 2.45) is 7.05 Å². The summed E-state index contributed by atoms with van der Waals surface area (Å²) in [6.45, 7) is 8.51. The molecule has 0 radical (unpaired) electrons. The molecule has 0 spiro atoms. The van der Waals surface area contributed by atoms with Crippen LogP contribution in [0.2, 0.25) is 0 Å². The minimum atomic E-state index is 0.0951. The van der Waals surface area contributed by atoms with Crippen molar-refractivity contribution in [2.75, 3.05) is 5.32 Å². The lowest BCUT2D eigenvalue weighted by molar-refractivity contribution is 0.232. The molecule has 0 aliphatic carbocycles. The molecule has 2 aromatic heterocycles. The lowest BCUT2D eigenvalue weighted by Crippen LogP contribution is -2.10. The van der Waals surface area contributed by atoms with Crippen LogP contribution in [-0.2, 0) is 13.6 Å². The van der Waals surface area contributed by atoms with Gasteiger partial charge in [-0.25, -0.2) is 4.98 Å². The average molecular weight is 275 g/mol. The fourth-order valence-corrected chi connectivity index (χ4v) is 1.92. The van der Waals surface area contributed by atoms with Crippen molar-refractivity contribution in [3.63, 3.8) is 0 Å². The molecule has 0 saturated heterocycles. The van der Waals surface area contributed by atoms with Crippen LogP contribution in [0.5, 0.6) is 5.88 Å². The molecule has 0 unspecified atom stereocenters. The van der Waals surface area contributed by atoms with Crippen LogP contribution in [0.15, 0.2) is 12.3 Å². The highest BCUT2D eigenvalue weighted by molar-refractivity contribution is 5.32. The number of aryl methyl sites for hydroxylation is 3. The smallest absolute Gasteiger partial charge is 0.226 e. The fourth-order valence-electron chi connectivity index (χ4n) is 1.92. The molecule has 0 aromatic carbocycles. The van der Waals surface area contributed by atoms with Gasteiger partial charge in [-0.1, -0.05) is 0 Å². The summed E-state index contributed by atoms with van der Waals surface area (Å²) in [7, 11) is 1.91. The molecule has 0 amide bonds. The van der Waals surface area contributed by atoms with E-state index < -0.39 is 0 Å². The van der Waals surface area contributed by atoms with Crippen LogP contribution < -0.4 is 10.1 Å². The number of rotatable bonds is 5. The van der Waals surface area contributed by atoms with E-state index >= 15 is 0 Å². The van der Waals surface area contributed by atoms with E-state index in [4.69, 9.17) is 4.74 Å². The lowest BCUT2D eigenvalue weighted by Gasteiger charge is -2.11. The number of ether oxygens (including phenoxy) is 1. The molecule has 0 atom stereocenters. The van der Waals surface area contributed by atoms with Crippen LogP contribution in [0.25, 0.3) is 0 Å². The van der Waals surface area contributed by atoms with Crippen LogP contribution in [0.4, 0.5) is 5.95 Å². The Labute approximate surface area is 119 Å². The van der Waals surface area contributed by atoms with E-state index in [1.165, 1.54) is 0 Å². The molecule has 6 heteroatoms. The monoisotopic (exact) mass is 275 g/mol. The number of hydrogen-bond donors (Lipinski definition) is 1. The van der Waals surface area contributed by atoms with Gasteiger partial charge < -0.3 is 10.1 Å². The number of nitrogens with one attached hydrogen (secondary N) is 1. The first-order chi connectivity index (χ1) is 9.44. The zero-order chi connectivity index (χ0) is 14.7. The first-order valence-electron chi connectivity index (χ1n) is 6.69. The summed E-state index contributed by atoms with van der Waals surface area (Å²) in [6.07, 6.45) is 2.08. The van der Waals surface area contributed by atoms with E-state index in [9.17, 15) is 0 Å². The van der Waals surface area contributed by atoms with E-state index in [-0.39, 0.29) is 6.10 Å². The maximum absolute atomic E-state index is 5.61. The number of aromatic nitrogens is 4. The Bertz CT molecular complexity index is 591. The summed E-state index contributed by atoms with van der Waals surface area (Å²) in [5, 5.41) is 7.52. The molecule has 0 bridgehead atoms. The molecular weight excluding hydrogens is 254 g/mol. The van der Waals surface area contributed by atoms with E-state index in [0.717, 1.165) is 17.0 Å². The molecule has 1 N–H and O–H groups in total. The summed E-state index contributed by atoms with van der Waals surface area (Å²) in [5.74, 6) is 1.17. The Morgan fingerprint density at radius 1 is 1.30 bits per heavy atom. The van der Waals surface area contributed by atoms with Crippen molar-refractivity contribution < 1.29 is 4.74 Å². The van der Waals surface area contributed by atoms with Crippen LogP contribution in [0.1, 0.15) is 30.8 Å². The summed E-state index contributed by atoms with van der Waals surface area (Å²) in [4.78, 5) is 8.72. The number of anilines is 1. The van der Waals surface area contributed by atoms with Gasteiger partial charge in [-0.2, -0.15) is 10.1 Å². The van der Waals surface area contributed by atoms with Crippen molar-refractivity contribution in [1.29, 1.82) is 0 Å². The van der Waals surface area contributed by atoms with Crippen molar-refractivity contribution in [3.05, 3.63) is 29.2 Å². The van der Waals surface area contributed by atoms with Crippen molar-refractivity contribution in [2.45, 2.75) is 40.3 Å². The second-order valence-corrected chi connectivity index (χ2v) is 5.10. The zero-order valence-electron chi connectivity index (χ0n) is 12.6. The zero-order valence-corrected chi connectivity index (χ0v) is 12.6. The van der Waals surface area contributed by atoms with Gasteiger partial charge in [0.2, 0.25) is 11.8 Å². The number of hydrogen-bond acceptors (Lipinski definition) is 5. The molecule has 0 fully saturated rings. The topological polar surface area (TPSA) is 64.9 Å². The van der Waals surface area contributed by atoms with E-state index in [1.807, 2.05) is 47.0 Å². The number of nitrogens with zero attached hydrogens (tertiary/aromatic N) is 4. The lowest BCUT2D eigenvalue weighted by atomic mass is 10.3. The molecule has 0 aliphatic rings. The van der Waals surface area contributed by atoms with Gasteiger partial charge in [0.15, 0.2) is 0 Å². The maximum atomic E-state index is 5.61. The Morgan fingerprint density at radius 2 is 2.05 bits per heavy atom. The highest BCUT2D eigenvalue weighted by atomic mass is 16.5. The molecule has 20 heavy (non-hydrogen) atoms. The highest BCUT2D eigenvalue weighted by Gasteiger charge is 2.07. The standard InChI is InChI=1S/C14H21N5O/c1-9(2)20-13-6-10(3)16-14(17-13)15-7-12-8-19(5)18-11(12)4/h6,8-9H,7H2,1-5H3,(H,15,16,17). The van der Waals surface area contributed by atoms with Gasteiger partial charge in [-0.15, -0.1) is 0 Å². The Kier molecular flexibility index (Phi) is 4.22. The van der Waals surface area contributed by atoms with Gasteiger partial charge in [-0.05, 0) is 27.7 Å². The average Bonchev–Trinajstić information content (AvgIpc) is 2.63. The van der Waals surface area contributed by atoms with Gasteiger partial charge in [-0.3, -0.25) is 4.68 Å². The van der Waals surface area contributed by atoms with Gasteiger partial charge in [0.05, 0.1) is 11.8 Å². The molecule has 2 heterocycles. The van der Waals surface area contributed by atoms with Crippen LogP contribution in [0, 0.1) is 13.8 Å². The normalized spacial score (nSPS) is 10.9. The van der Waals surface area contributed by atoms with Gasteiger partial charge in [0.25, 0.3) is 0 Å². The van der Waals surface area contributed by atoms with Crippen LogP contribution in [-0.4, -0.2) is 25.9 Å². The summed E-state index contributed by atoms with van der Waals surface area (Å²) in [6, 6.07) is 1.83. The molecule has 2 aromatic rings. The van der Waals surface area contributed by atoms with Gasteiger partial charge in [0, 0.05) is 37.1 Å².